The summed E-state index contributed by atoms with van der Waals surface area (Å²) in [6, 6.07) is 3.56. The first-order valence-electron chi connectivity index (χ1n) is 5.78. The highest BCUT2D eigenvalue weighted by Gasteiger charge is 2.08. The van der Waals surface area contributed by atoms with E-state index in [9.17, 15) is 4.79 Å². The summed E-state index contributed by atoms with van der Waals surface area (Å²) in [5.41, 5.74) is 1.43. The summed E-state index contributed by atoms with van der Waals surface area (Å²) < 4.78 is 1.88. The fourth-order valence-electron chi connectivity index (χ4n) is 1.54. The molecule has 1 amide bonds. The summed E-state index contributed by atoms with van der Waals surface area (Å²) in [7, 11) is 0. The maximum Gasteiger partial charge on any atom is 0.253 e. The largest absolute Gasteiger partial charge is 0.345 e. The fourth-order valence-corrected chi connectivity index (χ4v) is 1.54. The molecule has 6 nitrogen and oxygen atoms in total. The van der Waals surface area contributed by atoms with Crippen molar-refractivity contribution in [2.24, 2.45) is 0 Å². The summed E-state index contributed by atoms with van der Waals surface area (Å²) in [5.74, 6) is 0.582. The molecule has 94 valence electrons. The lowest BCUT2D eigenvalue weighted by molar-refractivity contribution is 0.0949. The molecule has 0 fully saturated rings. The van der Waals surface area contributed by atoms with Crippen molar-refractivity contribution in [2.45, 2.75) is 26.9 Å². The Morgan fingerprint density at radius 3 is 2.94 bits per heavy atom. The number of aromatic nitrogens is 4. The molecule has 0 spiro atoms. The average Bonchev–Trinajstić information content (AvgIpc) is 2.84. The van der Waals surface area contributed by atoms with Gasteiger partial charge in [-0.25, -0.2) is 0 Å². The van der Waals surface area contributed by atoms with Gasteiger partial charge in [-0.15, -0.1) is 10.2 Å². The molecule has 0 aliphatic carbocycles. The van der Waals surface area contributed by atoms with E-state index in [1.54, 1.807) is 18.6 Å². The van der Waals surface area contributed by atoms with Crippen LogP contribution in [0.4, 0.5) is 0 Å². The van der Waals surface area contributed by atoms with Crippen LogP contribution < -0.4 is 5.32 Å². The van der Waals surface area contributed by atoms with Crippen LogP contribution in [-0.2, 0) is 13.1 Å². The van der Waals surface area contributed by atoms with Gasteiger partial charge in [0.25, 0.3) is 5.91 Å². The number of pyridine rings is 1. The Morgan fingerprint density at radius 2 is 2.28 bits per heavy atom. The Labute approximate surface area is 105 Å². The Balaban J connectivity index is 1.98. The van der Waals surface area contributed by atoms with Crippen LogP contribution in [0.15, 0.2) is 24.7 Å². The zero-order valence-corrected chi connectivity index (χ0v) is 10.4. The van der Waals surface area contributed by atoms with Gasteiger partial charge in [0.1, 0.15) is 6.33 Å². The van der Waals surface area contributed by atoms with Gasteiger partial charge in [-0.3, -0.25) is 9.78 Å². The average molecular weight is 245 g/mol. The van der Waals surface area contributed by atoms with Gasteiger partial charge < -0.3 is 9.88 Å². The van der Waals surface area contributed by atoms with E-state index in [0.29, 0.717) is 12.1 Å². The highest BCUT2D eigenvalue weighted by molar-refractivity contribution is 5.93. The van der Waals surface area contributed by atoms with Gasteiger partial charge in [0, 0.05) is 18.4 Å². The third kappa shape index (κ3) is 2.71. The van der Waals surface area contributed by atoms with Gasteiger partial charge in [-0.05, 0) is 26.0 Å². The monoisotopic (exact) mass is 245 g/mol. The first-order valence-corrected chi connectivity index (χ1v) is 5.78. The minimum Gasteiger partial charge on any atom is -0.345 e. The molecular weight excluding hydrogens is 230 g/mol. The molecule has 0 aliphatic heterocycles. The zero-order chi connectivity index (χ0) is 13.0. The standard InChI is InChI=1S/C12H15N5O/c1-3-17-8-15-16-11(17)7-14-12(18)10-5-4-9(2)13-6-10/h4-6,8H,3,7H2,1-2H3,(H,14,18). The normalized spacial score (nSPS) is 10.3. The van der Waals surface area contributed by atoms with Crippen LogP contribution in [0.5, 0.6) is 0 Å². The van der Waals surface area contributed by atoms with Gasteiger partial charge in [0.05, 0.1) is 12.1 Å². The highest BCUT2D eigenvalue weighted by atomic mass is 16.1. The predicted octanol–water partition coefficient (Wildman–Crippen LogP) is 0.931. The van der Waals surface area contributed by atoms with Crippen LogP contribution in [0.3, 0.4) is 0 Å². The molecule has 2 heterocycles. The lowest BCUT2D eigenvalue weighted by Crippen LogP contribution is -2.24. The molecule has 0 saturated heterocycles. The number of amides is 1. The molecular formula is C12H15N5O. The summed E-state index contributed by atoms with van der Waals surface area (Å²) >= 11 is 0. The van der Waals surface area contributed by atoms with Gasteiger partial charge in [-0.2, -0.15) is 0 Å². The van der Waals surface area contributed by atoms with Crippen molar-refractivity contribution in [3.63, 3.8) is 0 Å². The van der Waals surface area contributed by atoms with Crippen LogP contribution in [0.1, 0.15) is 28.8 Å². The number of nitrogens with one attached hydrogen (secondary N) is 1. The van der Waals surface area contributed by atoms with Crippen molar-refractivity contribution in [1.29, 1.82) is 0 Å². The Morgan fingerprint density at radius 1 is 1.44 bits per heavy atom. The van der Waals surface area contributed by atoms with Crippen molar-refractivity contribution < 1.29 is 4.79 Å². The third-order valence-electron chi connectivity index (χ3n) is 2.62. The zero-order valence-electron chi connectivity index (χ0n) is 10.4. The quantitative estimate of drug-likeness (QED) is 0.869. The maximum absolute atomic E-state index is 11.8. The molecule has 2 rings (SSSR count). The summed E-state index contributed by atoms with van der Waals surface area (Å²) in [6.07, 6.45) is 3.21. The number of rotatable bonds is 4. The van der Waals surface area contributed by atoms with Gasteiger partial charge in [0.2, 0.25) is 0 Å². The molecule has 6 heteroatoms. The van der Waals surface area contributed by atoms with Crippen LogP contribution in [0.2, 0.25) is 0 Å². The lowest BCUT2D eigenvalue weighted by atomic mass is 10.2. The van der Waals surface area contributed by atoms with Crippen molar-refractivity contribution in [1.82, 2.24) is 25.1 Å². The SMILES string of the molecule is CCn1cnnc1CNC(=O)c1ccc(C)nc1. The number of carbonyl (C=O) groups is 1. The summed E-state index contributed by atoms with van der Waals surface area (Å²) in [6.45, 7) is 5.02. The van der Waals surface area contributed by atoms with Crippen molar-refractivity contribution in [3.05, 3.63) is 41.7 Å². The smallest absolute Gasteiger partial charge is 0.253 e. The van der Waals surface area contributed by atoms with E-state index in [-0.39, 0.29) is 5.91 Å². The Bertz CT molecular complexity index is 532. The van der Waals surface area contributed by atoms with E-state index >= 15 is 0 Å². The van der Waals surface area contributed by atoms with E-state index in [0.717, 1.165) is 18.1 Å². The second-order valence-corrected chi connectivity index (χ2v) is 3.90. The van der Waals surface area contributed by atoms with Crippen molar-refractivity contribution >= 4 is 5.91 Å². The molecule has 2 aromatic heterocycles. The number of nitrogens with zero attached hydrogens (tertiary/aromatic N) is 4. The van der Waals surface area contributed by atoms with Crippen LogP contribution in [0, 0.1) is 6.92 Å². The second-order valence-electron chi connectivity index (χ2n) is 3.90. The number of hydrogen-bond donors (Lipinski definition) is 1. The van der Waals surface area contributed by atoms with Gasteiger partial charge >= 0.3 is 0 Å². The number of hydrogen-bond acceptors (Lipinski definition) is 4. The summed E-state index contributed by atoms with van der Waals surface area (Å²) in [4.78, 5) is 15.9. The van der Waals surface area contributed by atoms with Gasteiger partial charge in [0.15, 0.2) is 5.82 Å². The molecule has 0 radical (unpaired) electrons. The molecule has 0 bridgehead atoms. The molecule has 0 atom stereocenters. The van der Waals surface area contributed by atoms with E-state index in [4.69, 9.17) is 0 Å². The topological polar surface area (TPSA) is 72.7 Å². The Hall–Kier alpha value is -2.24. The third-order valence-corrected chi connectivity index (χ3v) is 2.62. The fraction of sp³-hybridized carbons (Fsp3) is 0.333. The van der Waals surface area contributed by atoms with E-state index in [1.165, 1.54) is 0 Å². The van der Waals surface area contributed by atoms with E-state index < -0.39 is 0 Å². The first-order chi connectivity index (χ1) is 8.70. The molecule has 1 N–H and O–H groups in total. The first kappa shape index (κ1) is 12.2. The van der Waals surface area contributed by atoms with E-state index in [2.05, 4.69) is 20.5 Å². The van der Waals surface area contributed by atoms with Crippen molar-refractivity contribution in [3.8, 4) is 0 Å². The summed E-state index contributed by atoms with van der Waals surface area (Å²) in [5, 5.41) is 10.5. The minimum absolute atomic E-state index is 0.159. The van der Waals surface area contributed by atoms with Crippen molar-refractivity contribution in [2.75, 3.05) is 0 Å². The maximum atomic E-state index is 11.8. The molecule has 0 aliphatic rings. The predicted molar refractivity (Wildman–Crippen MR) is 65.8 cm³/mol. The second kappa shape index (κ2) is 5.39. The van der Waals surface area contributed by atoms with Crippen LogP contribution in [0.25, 0.3) is 0 Å². The minimum atomic E-state index is -0.159. The lowest BCUT2D eigenvalue weighted by Gasteiger charge is -2.05. The van der Waals surface area contributed by atoms with Gasteiger partial charge in [-0.1, -0.05) is 0 Å². The van der Waals surface area contributed by atoms with Crippen LogP contribution in [-0.4, -0.2) is 25.7 Å². The van der Waals surface area contributed by atoms with E-state index in [1.807, 2.05) is 24.5 Å². The highest BCUT2D eigenvalue weighted by Crippen LogP contribution is 2.00. The molecule has 2 aromatic rings. The number of carbonyl (C=O) groups excluding carboxylic acids is 1. The molecule has 0 saturated carbocycles. The Kier molecular flexibility index (Phi) is 3.66. The molecule has 0 unspecified atom stereocenters. The molecule has 0 aromatic carbocycles. The van der Waals surface area contributed by atoms with Crippen LogP contribution >= 0.6 is 0 Å². The molecule has 18 heavy (non-hydrogen) atoms. The number of aryl methyl sites for hydroxylation is 2.